The highest BCUT2D eigenvalue weighted by atomic mass is 19.1. The topological polar surface area (TPSA) is 94.0 Å². The molecule has 104 valence electrons. The molecule has 5 N–H and O–H groups in total. The van der Waals surface area contributed by atoms with Gasteiger partial charge in [0, 0.05) is 0 Å². The van der Waals surface area contributed by atoms with E-state index < -0.39 is 23.2 Å². The first-order valence-corrected chi connectivity index (χ1v) is 5.67. The van der Waals surface area contributed by atoms with Gasteiger partial charge in [-0.1, -0.05) is 6.07 Å². The molecule has 0 aliphatic carbocycles. The molecule has 1 amide bonds. The number of anilines is 3. The first kappa shape index (κ1) is 13.7. The molecule has 0 unspecified atom stereocenters. The highest BCUT2D eigenvalue weighted by Crippen LogP contribution is 2.26. The zero-order valence-electron chi connectivity index (χ0n) is 10.6. The van der Waals surface area contributed by atoms with E-state index >= 15 is 0 Å². The second kappa shape index (κ2) is 5.12. The lowest BCUT2D eigenvalue weighted by Gasteiger charge is -2.12. The molecule has 0 aliphatic rings. The van der Waals surface area contributed by atoms with E-state index in [0.29, 0.717) is 0 Å². The van der Waals surface area contributed by atoms with Gasteiger partial charge in [0.25, 0.3) is 5.91 Å². The first-order valence-electron chi connectivity index (χ1n) is 5.67. The van der Waals surface area contributed by atoms with Gasteiger partial charge in [0.2, 0.25) is 0 Å². The number of amides is 1. The number of nitrogens with zero attached hydrogens (tertiary/aromatic N) is 1. The fourth-order valence-electron chi connectivity index (χ4n) is 1.66. The molecule has 2 rings (SSSR count). The molecule has 0 saturated heterocycles. The fraction of sp³-hybridized carbons (Fsp3) is 0.0769. The molecule has 20 heavy (non-hydrogen) atoms. The normalized spacial score (nSPS) is 10.3. The quantitative estimate of drug-likeness (QED) is 0.801. The van der Waals surface area contributed by atoms with Crippen LogP contribution in [0.15, 0.2) is 24.4 Å². The van der Waals surface area contributed by atoms with Crippen LogP contribution in [0.5, 0.6) is 0 Å². The van der Waals surface area contributed by atoms with Crippen molar-refractivity contribution in [3.05, 3.63) is 47.2 Å². The zero-order chi connectivity index (χ0) is 14.9. The number of rotatable bonds is 3. The van der Waals surface area contributed by atoms with Crippen LogP contribution in [0, 0.1) is 18.6 Å². The van der Waals surface area contributed by atoms with Gasteiger partial charge >= 0.3 is 0 Å². The summed E-state index contributed by atoms with van der Waals surface area (Å²) in [5.41, 5.74) is 10.7. The highest BCUT2D eigenvalue weighted by molar-refractivity contribution is 5.99. The predicted octanol–water partition coefficient (Wildman–Crippen LogP) is 2.09. The van der Waals surface area contributed by atoms with Crippen LogP contribution in [-0.4, -0.2) is 10.9 Å². The third-order valence-corrected chi connectivity index (χ3v) is 2.70. The van der Waals surface area contributed by atoms with Crippen LogP contribution >= 0.6 is 0 Å². The number of hydrogen-bond acceptors (Lipinski definition) is 4. The van der Waals surface area contributed by atoms with Crippen LogP contribution < -0.4 is 16.8 Å². The molecule has 0 fully saturated rings. The summed E-state index contributed by atoms with van der Waals surface area (Å²) in [4.78, 5) is 15.1. The van der Waals surface area contributed by atoms with Gasteiger partial charge in [-0.15, -0.1) is 0 Å². The Morgan fingerprint density at radius 2 is 2.05 bits per heavy atom. The smallest absolute Gasteiger partial charge is 0.252 e. The number of aryl methyl sites for hydroxylation is 1. The number of nitrogens with two attached hydrogens (primary N) is 2. The van der Waals surface area contributed by atoms with Crippen molar-refractivity contribution in [2.24, 2.45) is 5.73 Å². The summed E-state index contributed by atoms with van der Waals surface area (Å²) in [6.07, 6.45) is 1.25. The molecule has 0 aliphatic heterocycles. The van der Waals surface area contributed by atoms with Gasteiger partial charge in [-0.05, 0) is 24.6 Å². The minimum atomic E-state index is -0.805. The van der Waals surface area contributed by atoms with Crippen LogP contribution in [-0.2, 0) is 0 Å². The summed E-state index contributed by atoms with van der Waals surface area (Å²) in [6, 6.07) is 3.70. The predicted molar refractivity (Wildman–Crippen MR) is 71.5 cm³/mol. The van der Waals surface area contributed by atoms with Crippen molar-refractivity contribution in [3.8, 4) is 0 Å². The fourth-order valence-corrected chi connectivity index (χ4v) is 1.66. The Kier molecular flexibility index (Phi) is 3.51. The number of aromatic nitrogens is 1. The number of carbonyl (C=O) groups is 1. The van der Waals surface area contributed by atoms with Gasteiger partial charge < -0.3 is 16.8 Å². The summed E-state index contributed by atoms with van der Waals surface area (Å²) in [6.45, 7) is 1.49. The number of hydrogen-bond donors (Lipinski definition) is 3. The number of primary amides is 1. The molecule has 0 atom stereocenters. The number of halogens is 2. The van der Waals surface area contributed by atoms with Gasteiger partial charge in [0.1, 0.15) is 17.3 Å². The van der Waals surface area contributed by atoms with E-state index in [1.54, 1.807) is 0 Å². The van der Waals surface area contributed by atoms with Gasteiger partial charge in [-0.2, -0.15) is 0 Å². The van der Waals surface area contributed by atoms with E-state index in [1.807, 2.05) is 0 Å². The molecule has 0 spiro atoms. The number of nitrogen functional groups attached to an aromatic ring is 1. The van der Waals surface area contributed by atoms with Crippen molar-refractivity contribution in [2.45, 2.75) is 6.92 Å². The van der Waals surface area contributed by atoms with E-state index in [0.717, 1.165) is 6.07 Å². The lowest BCUT2D eigenvalue weighted by molar-refractivity contribution is 0.100. The summed E-state index contributed by atoms with van der Waals surface area (Å²) in [5, 5.41) is 2.44. The van der Waals surface area contributed by atoms with Crippen LogP contribution in [0.25, 0.3) is 0 Å². The number of pyridine rings is 1. The van der Waals surface area contributed by atoms with Gasteiger partial charge in [0.15, 0.2) is 5.82 Å². The molecule has 7 heteroatoms. The Hall–Kier alpha value is -2.70. The second-order valence-electron chi connectivity index (χ2n) is 4.21. The highest BCUT2D eigenvalue weighted by Gasteiger charge is 2.16. The average Bonchev–Trinajstić information content (AvgIpc) is 2.40. The van der Waals surface area contributed by atoms with Crippen molar-refractivity contribution in [1.29, 1.82) is 0 Å². The lowest BCUT2D eigenvalue weighted by Crippen LogP contribution is -2.15. The monoisotopic (exact) mass is 278 g/mol. The van der Waals surface area contributed by atoms with Crippen molar-refractivity contribution < 1.29 is 13.6 Å². The summed E-state index contributed by atoms with van der Waals surface area (Å²) in [5.74, 6) is -2.43. The minimum Gasteiger partial charge on any atom is -0.397 e. The van der Waals surface area contributed by atoms with Crippen molar-refractivity contribution in [1.82, 2.24) is 4.98 Å². The Morgan fingerprint density at radius 1 is 1.35 bits per heavy atom. The molecular formula is C13H12F2N4O. The molecule has 5 nitrogen and oxygen atoms in total. The molecule has 2 aromatic rings. The largest absolute Gasteiger partial charge is 0.397 e. The van der Waals surface area contributed by atoms with E-state index in [4.69, 9.17) is 11.5 Å². The molecule has 0 bridgehead atoms. The minimum absolute atomic E-state index is 0.0506. The molecule has 1 aromatic heterocycles. The van der Waals surface area contributed by atoms with Crippen LogP contribution in [0.1, 0.15) is 15.9 Å². The summed E-state index contributed by atoms with van der Waals surface area (Å²) < 4.78 is 27.5. The third kappa shape index (κ3) is 2.51. The Labute approximate surface area is 113 Å². The van der Waals surface area contributed by atoms with E-state index in [2.05, 4.69) is 10.3 Å². The maximum atomic E-state index is 13.9. The van der Waals surface area contributed by atoms with Crippen molar-refractivity contribution in [2.75, 3.05) is 11.1 Å². The number of nitrogens with one attached hydrogen (secondary N) is 1. The van der Waals surface area contributed by atoms with Crippen LogP contribution in [0.2, 0.25) is 0 Å². The Morgan fingerprint density at radius 3 is 2.70 bits per heavy atom. The Balaban J connectivity index is 2.51. The van der Waals surface area contributed by atoms with E-state index in [9.17, 15) is 13.6 Å². The molecule has 0 saturated carbocycles. The molecule has 1 heterocycles. The van der Waals surface area contributed by atoms with Crippen LogP contribution in [0.3, 0.4) is 0 Å². The van der Waals surface area contributed by atoms with Gasteiger partial charge in [0.05, 0.1) is 17.4 Å². The molecule has 1 aromatic carbocycles. The van der Waals surface area contributed by atoms with Gasteiger partial charge in [-0.3, -0.25) is 4.79 Å². The third-order valence-electron chi connectivity index (χ3n) is 2.70. The van der Waals surface area contributed by atoms with E-state index in [-0.39, 0.29) is 22.6 Å². The first-order chi connectivity index (χ1) is 9.40. The average molecular weight is 278 g/mol. The van der Waals surface area contributed by atoms with Crippen LogP contribution in [0.4, 0.5) is 26.0 Å². The second-order valence-corrected chi connectivity index (χ2v) is 4.21. The summed E-state index contributed by atoms with van der Waals surface area (Å²) in [7, 11) is 0. The van der Waals surface area contributed by atoms with E-state index in [1.165, 1.54) is 25.3 Å². The number of benzene rings is 1. The lowest BCUT2D eigenvalue weighted by atomic mass is 10.1. The standard InChI is InChI=1S/C13H12F2N4O/c1-6-2-3-9(14)11(10(6)15)19-13-8(12(17)20)4-7(16)5-18-13/h2-5H,16H2,1H3,(H2,17,20)(H,18,19). The number of carbonyl (C=O) groups excluding carboxylic acids is 1. The molecule has 0 radical (unpaired) electrons. The molecular weight excluding hydrogens is 266 g/mol. The summed E-state index contributed by atoms with van der Waals surface area (Å²) >= 11 is 0. The maximum absolute atomic E-state index is 13.9. The zero-order valence-corrected chi connectivity index (χ0v) is 10.6. The SMILES string of the molecule is Cc1ccc(F)c(Nc2ncc(N)cc2C(N)=O)c1F. The van der Waals surface area contributed by atoms with Gasteiger partial charge in [-0.25, -0.2) is 13.8 Å². The Bertz CT molecular complexity index is 688. The maximum Gasteiger partial charge on any atom is 0.252 e. The van der Waals surface area contributed by atoms with Crippen molar-refractivity contribution >= 4 is 23.1 Å². The van der Waals surface area contributed by atoms with Crippen molar-refractivity contribution in [3.63, 3.8) is 0 Å².